The van der Waals surface area contributed by atoms with Crippen LogP contribution in [0.4, 0.5) is 4.79 Å². The molecule has 6 heteroatoms. The van der Waals surface area contributed by atoms with E-state index in [-0.39, 0.29) is 23.9 Å². The first-order valence-corrected chi connectivity index (χ1v) is 8.33. The Morgan fingerprint density at radius 1 is 1.42 bits per heavy atom. The Kier molecular flexibility index (Phi) is 4.00. The number of carbonyl (C=O) groups excluding carboxylic acids is 1. The summed E-state index contributed by atoms with van der Waals surface area (Å²) >= 11 is 0. The Bertz CT molecular complexity index is 675. The molecule has 1 aromatic rings. The molecule has 2 aliphatic heterocycles. The van der Waals surface area contributed by atoms with Crippen molar-refractivity contribution in [3.05, 3.63) is 29.6 Å². The molecule has 1 N–H and O–H groups in total. The molecule has 0 radical (unpaired) electrons. The average Bonchev–Trinajstić information content (AvgIpc) is 2.78. The third-order valence-electron chi connectivity index (χ3n) is 4.79. The van der Waals surface area contributed by atoms with Crippen LogP contribution >= 0.6 is 0 Å². The van der Waals surface area contributed by atoms with Gasteiger partial charge in [-0.1, -0.05) is 6.07 Å². The lowest BCUT2D eigenvalue weighted by molar-refractivity contribution is -0.0627. The van der Waals surface area contributed by atoms with E-state index in [1.165, 1.54) is 0 Å². The summed E-state index contributed by atoms with van der Waals surface area (Å²) in [5.74, 6) is 0. The lowest BCUT2D eigenvalue weighted by atomic mass is 9.80. The molecule has 6 nitrogen and oxygen atoms in total. The van der Waals surface area contributed by atoms with Crippen LogP contribution in [0.25, 0.3) is 0 Å². The largest absolute Gasteiger partial charge is 0.444 e. The van der Waals surface area contributed by atoms with E-state index in [1.807, 2.05) is 20.8 Å². The first-order chi connectivity index (χ1) is 11.2. The number of rotatable bonds is 1. The monoisotopic (exact) mass is 329 g/mol. The van der Waals surface area contributed by atoms with Gasteiger partial charge in [-0.15, -0.1) is 0 Å². The normalized spacial score (nSPS) is 29.2. The molecule has 0 saturated carbocycles. The highest BCUT2D eigenvalue weighted by Gasteiger charge is 2.51. The first kappa shape index (κ1) is 16.7. The van der Waals surface area contributed by atoms with Crippen molar-refractivity contribution in [1.82, 2.24) is 9.88 Å². The van der Waals surface area contributed by atoms with Crippen LogP contribution in [0.3, 0.4) is 0 Å². The maximum absolute atomic E-state index is 12.5. The second kappa shape index (κ2) is 5.75. The summed E-state index contributed by atoms with van der Waals surface area (Å²) in [6.07, 6.45) is 3.73. The fourth-order valence-electron chi connectivity index (χ4n) is 3.93. The molecule has 1 amide bonds. The Morgan fingerprint density at radius 3 is 2.58 bits per heavy atom. The predicted octanol–water partition coefficient (Wildman–Crippen LogP) is 2.70. The van der Waals surface area contributed by atoms with Gasteiger partial charge in [0.1, 0.15) is 17.4 Å². The summed E-state index contributed by atoms with van der Waals surface area (Å²) in [5.41, 5.74) is -0.844. The van der Waals surface area contributed by atoms with E-state index < -0.39 is 11.2 Å². The number of piperidine rings is 1. The average molecular weight is 329 g/mol. The van der Waals surface area contributed by atoms with E-state index in [0.717, 1.165) is 12.8 Å². The van der Waals surface area contributed by atoms with E-state index in [2.05, 4.69) is 11.1 Å². The summed E-state index contributed by atoms with van der Waals surface area (Å²) in [6, 6.07) is 5.40. The predicted molar refractivity (Wildman–Crippen MR) is 87.0 cm³/mol. The van der Waals surface area contributed by atoms with E-state index in [4.69, 9.17) is 4.74 Å². The van der Waals surface area contributed by atoms with Crippen LogP contribution in [-0.2, 0) is 10.3 Å². The van der Waals surface area contributed by atoms with Crippen LogP contribution in [0.2, 0.25) is 0 Å². The van der Waals surface area contributed by atoms with E-state index in [9.17, 15) is 15.2 Å². The van der Waals surface area contributed by atoms with Crippen molar-refractivity contribution >= 4 is 6.09 Å². The van der Waals surface area contributed by atoms with Gasteiger partial charge >= 0.3 is 6.09 Å². The summed E-state index contributed by atoms with van der Waals surface area (Å²) in [7, 11) is 0. The van der Waals surface area contributed by atoms with Gasteiger partial charge in [0.05, 0.1) is 5.60 Å². The van der Waals surface area contributed by atoms with Gasteiger partial charge in [0.25, 0.3) is 0 Å². The number of hydrogen-bond acceptors (Lipinski definition) is 5. The highest BCUT2D eigenvalue weighted by Crippen LogP contribution is 2.46. The van der Waals surface area contributed by atoms with Gasteiger partial charge in [-0.05, 0) is 39.7 Å². The molecule has 2 saturated heterocycles. The lowest BCUT2D eigenvalue weighted by Gasteiger charge is -2.44. The molecule has 3 heterocycles. The molecule has 24 heavy (non-hydrogen) atoms. The second-order valence-corrected chi connectivity index (χ2v) is 7.72. The van der Waals surface area contributed by atoms with Gasteiger partial charge in [0, 0.05) is 36.7 Å². The topological polar surface area (TPSA) is 86.4 Å². The Balaban J connectivity index is 1.85. The molecule has 0 aliphatic carbocycles. The van der Waals surface area contributed by atoms with Crippen LogP contribution in [0, 0.1) is 11.3 Å². The molecule has 2 atom stereocenters. The first-order valence-electron chi connectivity index (χ1n) is 8.33. The highest BCUT2D eigenvalue weighted by atomic mass is 16.6. The summed E-state index contributed by atoms with van der Waals surface area (Å²) in [6.45, 7) is 5.55. The third kappa shape index (κ3) is 2.96. The van der Waals surface area contributed by atoms with Crippen molar-refractivity contribution in [2.45, 2.75) is 69.7 Å². The number of aliphatic hydroxyl groups is 1. The molecule has 1 aromatic heterocycles. The maximum Gasteiger partial charge on any atom is 0.410 e. The highest BCUT2D eigenvalue weighted by molar-refractivity contribution is 5.70. The zero-order valence-corrected chi connectivity index (χ0v) is 14.3. The van der Waals surface area contributed by atoms with Crippen LogP contribution in [0.5, 0.6) is 0 Å². The lowest BCUT2D eigenvalue weighted by Crippen LogP contribution is -2.53. The van der Waals surface area contributed by atoms with E-state index in [0.29, 0.717) is 18.4 Å². The number of hydrogen-bond donors (Lipinski definition) is 1. The number of pyridine rings is 1. The van der Waals surface area contributed by atoms with E-state index >= 15 is 0 Å². The third-order valence-corrected chi connectivity index (χ3v) is 4.79. The molecule has 2 unspecified atom stereocenters. The van der Waals surface area contributed by atoms with Gasteiger partial charge in [-0.25, -0.2) is 9.78 Å². The zero-order chi connectivity index (χ0) is 17.5. The Hall–Kier alpha value is -2.13. The van der Waals surface area contributed by atoms with Gasteiger partial charge in [0.2, 0.25) is 0 Å². The van der Waals surface area contributed by atoms with Gasteiger partial charge in [-0.2, -0.15) is 5.26 Å². The number of aromatic nitrogens is 1. The van der Waals surface area contributed by atoms with Gasteiger partial charge < -0.3 is 14.7 Å². The summed E-state index contributed by atoms with van der Waals surface area (Å²) < 4.78 is 5.52. The molecule has 0 spiro atoms. The summed E-state index contributed by atoms with van der Waals surface area (Å²) in [4.78, 5) is 18.3. The SMILES string of the molecule is CC(C)(C)OC(=O)N1C2CCC1CC(O)(c1cccnc1C#N)C2. The van der Waals surface area contributed by atoms with E-state index in [1.54, 1.807) is 23.2 Å². The molecule has 2 bridgehead atoms. The van der Waals surface area contributed by atoms with Crippen molar-refractivity contribution in [2.24, 2.45) is 0 Å². The molecular weight excluding hydrogens is 306 g/mol. The molecule has 2 aliphatic rings. The van der Waals surface area contributed by atoms with Gasteiger partial charge in [-0.3, -0.25) is 0 Å². The van der Waals surface area contributed by atoms with Crippen LogP contribution in [0.15, 0.2) is 18.3 Å². The van der Waals surface area contributed by atoms with Crippen LogP contribution in [-0.4, -0.2) is 38.8 Å². The molecule has 2 fully saturated rings. The maximum atomic E-state index is 12.5. The van der Waals surface area contributed by atoms with Crippen molar-refractivity contribution < 1.29 is 14.6 Å². The standard InChI is InChI=1S/C18H23N3O3/c1-17(2,3)24-16(22)21-12-6-7-13(21)10-18(23,9-12)14-5-4-8-20-15(14)11-19/h4-5,8,12-13,23H,6-7,9-10H2,1-3H3. The fraction of sp³-hybridized carbons (Fsp3) is 0.611. The van der Waals surface area contributed by atoms with Crippen LogP contribution in [0.1, 0.15) is 57.7 Å². The number of amides is 1. The van der Waals surface area contributed by atoms with Crippen molar-refractivity contribution in [3.8, 4) is 6.07 Å². The number of fused-ring (bicyclic) bond motifs is 2. The fourth-order valence-corrected chi connectivity index (χ4v) is 3.93. The Morgan fingerprint density at radius 2 is 2.04 bits per heavy atom. The van der Waals surface area contributed by atoms with Crippen molar-refractivity contribution in [2.75, 3.05) is 0 Å². The summed E-state index contributed by atoms with van der Waals surface area (Å²) in [5, 5.41) is 20.5. The molecule has 3 rings (SSSR count). The van der Waals surface area contributed by atoms with Crippen LogP contribution < -0.4 is 0 Å². The minimum atomic E-state index is -1.12. The zero-order valence-electron chi connectivity index (χ0n) is 14.3. The van der Waals surface area contributed by atoms with Gasteiger partial charge in [0.15, 0.2) is 0 Å². The minimum absolute atomic E-state index is 0.0738. The molecule has 0 aromatic carbocycles. The quantitative estimate of drug-likeness (QED) is 0.856. The second-order valence-electron chi connectivity index (χ2n) is 7.72. The number of nitriles is 1. The smallest absolute Gasteiger partial charge is 0.410 e. The molecule has 128 valence electrons. The number of nitrogens with zero attached hydrogens (tertiary/aromatic N) is 3. The molecular formula is C18H23N3O3. The number of carbonyl (C=O) groups is 1. The van der Waals surface area contributed by atoms with Crippen molar-refractivity contribution in [1.29, 1.82) is 5.26 Å². The number of ether oxygens (including phenoxy) is 1. The minimum Gasteiger partial charge on any atom is -0.444 e. The van der Waals surface area contributed by atoms with Crippen molar-refractivity contribution in [3.63, 3.8) is 0 Å². The Labute approximate surface area is 142 Å².